The molecule has 0 amide bonds. The van der Waals surface area contributed by atoms with Crippen LogP contribution in [0.3, 0.4) is 0 Å². The molecule has 0 bridgehead atoms. The number of benzene rings is 1. The van der Waals surface area contributed by atoms with Crippen molar-refractivity contribution in [1.82, 2.24) is 0 Å². The van der Waals surface area contributed by atoms with Crippen LogP contribution in [0.25, 0.3) is 0 Å². The first-order valence-corrected chi connectivity index (χ1v) is 5.96. The number of aryl methyl sites for hydroxylation is 2. The van der Waals surface area contributed by atoms with Crippen LogP contribution in [0.15, 0.2) is 6.07 Å². The van der Waals surface area contributed by atoms with Gasteiger partial charge in [-0.1, -0.05) is 33.8 Å². The molecule has 0 saturated carbocycles. The van der Waals surface area contributed by atoms with E-state index in [4.69, 9.17) is 0 Å². The van der Waals surface area contributed by atoms with Crippen LogP contribution in [0.5, 0.6) is 0 Å². The average molecular weight is 204 g/mol. The van der Waals surface area contributed by atoms with Crippen LogP contribution in [-0.4, -0.2) is 0 Å². The molecular formula is C15H24. The summed E-state index contributed by atoms with van der Waals surface area (Å²) in [5.74, 6) is 1.25. The van der Waals surface area contributed by atoms with Gasteiger partial charge < -0.3 is 0 Å². The van der Waals surface area contributed by atoms with E-state index in [0.29, 0.717) is 11.8 Å². The van der Waals surface area contributed by atoms with Crippen LogP contribution >= 0.6 is 0 Å². The van der Waals surface area contributed by atoms with E-state index in [2.05, 4.69) is 54.5 Å². The molecule has 0 nitrogen and oxygen atoms in total. The maximum absolute atomic E-state index is 2.33. The Morgan fingerprint density at radius 3 is 1.60 bits per heavy atom. The van der Waals surface area contributed by atoms with Crippen molar-refractivity contribution in [2.45, 2.75) is 60.3 Å². The van der Waals surface area contributed by atoms with Crippen molar-refractivity contribution in [3.05, 3.63) is 33.9 Å². The molecule has 0 fully saturated rings. The van der Waals surface area contributed by atoms with E-state index < -0.39 is 0 Å². The predicted molar refractivity (Wildman–Crippen MR) is 68.8 cm³/mol. The molecule has 0 unspecified atom stereocenters. The zero-order valence-electron chi connectivity index (χ0n) is 11.2. The molecule has 0 aliphatic carbocycles. The monoisotopic (exact) mass is 204 g/mol. The fraction of sp³-hybridized carbons (Fsp3) is 0.600. The summed E-state index contributed by atoms with van der Waals surface area (Å²) in [4.78, 5) is 0. The fourth-order valence-corrected chi connectivity index (χ4v) is 2.65. The van der Waals surface area contributed by atoms with Crippen molar-refractivity contribution in [3.63, 3.8) is 0 Å². The molecular weight excluding hydrogens is 180 g/mol. The smallest absolute Gasteiger partial charge is 0.0213 e. The van der Waals surface area contributed by atoms with Gasteiger partial charge >= 0.3 is 0 Å². The Morgan fingerprint density at radius 1 is 0.733 bits per heavy atom. The summed E-state index contributed by atoms with van der Waals surface area (Å²) < 4.78 is 0. The second kappa shape index (κ2) is 4.38. The summed E-state index contributed by atoms with van der Waals surface area (Å²) in [5.41, 5.74) is 7.51. The Morgan fingerprint density at radius 2 is 1.20 bits per heavy atom. The molecule has 0 spiro atoms. The summed E-state index contributed by atoms with van der Waals surface area (Å²) in [5, 5.41) is 0. The molecule has 0 heteroatoms. The molecule has 0 aliphatic rings. The first kappa shape index (κ1) is 12.3. The van der Waals surface area contributed by atoms with Crippen molar-refractivity contribution in [1.29, 1.82) is 0 Å². The summed E-state index contributed by atoms with van der Waals surface area (Å²) in [6.45, 7) is 15.9. The first-order chi connectivity index (χ1) is 6.86. The van der Waals surface area contributed by atoms with Gasteiger partial charge in [0.2, 0.25) is 0 Å². The Labute approximate surface area is 94.7 Å². The molecule has 84 valence electrons. The molecule has 1 aromatic carbocycles. The van der Waals surface area contributed by atoms with Gasteiger partial charge in [-0.3, -0.25) is 0 Å². The highest BCUT2D eigenvalue weighted by Gasteiger charge is 2.16. The first-order valence-electron chi connectivity index (χ1n) is 5.96. The Bertz CT molecular complexity index is 357. The minimum atomic E-state index is 0.626. The lowest BCUT2D eigenvalue weighted by atomic mass is 9.82. The zero-order valence-corrected chi connectivity index (χ0v) is 11.2. The van der Waals surface area contributed by atoms with Gasteiger partial charge in [0.05, 0.1) is 0 Å². The Hall–Kier alpha value is -0.780. The molecule has 0 atom stereocenters. The van der Waals surface area contributed by atoms with Gasteiger partial charge in [0, 0.05) is 0 Å². The van der Waals surface area contributed by atoms with Gasteiger partial charge in [-0.15, -0.1) is 0 Å². The average Bonchev–Trinajstić information content (AvgIpc) is 2.09. The van der Waals surface area contributed by atoms with E-state index in [1.54, 1.807) is 11.1 Å². The van der Waals surface area contributed by atoms with E-state index in [0.717, 1.165) is 0 Å². The second-order valence-electron chi connectivity index (χ2n) is 5.27. The van der Waals surface area contributed by atoms with Crippen LogP contribution in [0.2, 0.25) is 0 Å². The molecule has 0 N–H and O–H groups in total. The third-order valence-corrected chi connectivity index (χ3v) is 3.30. The van der Waals surface area contributed by atoms with Crippen molar-refractivity contribution >= 4 is 0 Å². The summed E-state index contributed by atoms with van der Waals surface area (Å²) >= 11 is 0. The molecule has 0 aliphatic heterocycles. The summed E-state index contributed by atoms with van der Waals surface area (Å²) in [7, 11) is 0. The SMILES string of the molecule is Cc1cc(C)c(C(C)C)c(C(C)C)c1C. The standard InChI is InChI=1S/C15H24/c1-9(2)14-12(6)8-11(5)13(7)15(14)10(3)4/h8-10H,1-7H3. The highest BCUT2D eigenvalue weighted by atomic mass is 14.2. The second-order valence-corrected chi connectivity index (χ2v) is 5.27. The van der Waals surface area contributed by atoms with Gasteiger partial charge in [0.25, 0.3) is 0 Å². The van der Waals surface area contributed by atoms with Crippen LogP contribution < -0.4 is 0 Å². The minimum Gasteiger partial charge on any atom is -0.0587 e. The van der Waals surface area contributed by atoms with Crippen molar-refractivity contribution in [2.24, 2.45) is 0 Å². The van der Waals surface area contributed by atoms with E-state index >= 15 is 0 Å². The zero-order chi connectivity index (χ0) is 11.7. The molecule has 0 aromatic heterocycles. The lowest BCUT2D eigenvalue weighted by molar-refractivity contribution is 0.774. The number of rotatable bonds is 2. The van der Waals surface area contributed by atoms with Crippen molar-refractivity contribution in [3.8, 4) is 0 Å². The third kappa shape index (κ3) is 2.25. The maximum atomic E-state index is 2.33. The summed E-state index contributed by atoms with van der Waals surface area (Å²) in [6.07, 6.45) is 0. The Kier molecular flexibility index (Phi) is 3.59. The number of hydrogen-bond acceptors (Lipinski definition) is 0. The van der Waals surface area contributed by atoms with E-state index in [9.17, 15) is 0 Å². The lowest BCUT2D eigenvalue weighted by Gasteiger charge is -2.23. The van der Waals surface area contributed by atoms with E-state index in [1.165, 1.54) is 16.7 Å². The normalized spacial score (nSPS) is 11.5. The van der Waals surface area contributed by atoms with Crippen LogP contribution in [0.4, 0.5) is 0 Å². The molecule has 0 radical (unpaired) electrons. The molecule has 15 heavy (non-hydrogen) atoms. The fourth-order valence-electron chi connectivity index (χ4n) is 2.65. The van der Waals surface area contributed by atoms with Gasteiger partial charge in [0.1, 0.15) is 0 Å². The van der Waals surface area contributed by atoms with E-state index in [-0.39, 0.29) is 0 Å². The van der Waals surface area contributed by atoms with Crippen molar-refractivity contribution in [2.75, 3.05) is 0 Å². The quantitative estimate of drug-likeness (QED) is 0.645. The topological polar surface area (TPSA) is 0 Å². The number of hydrogen-bond donors (Lipinski definition) is 0. The highest BCUT2D eigenvalue weighted by molar-refractivity contribution is 5.47. The third-order valence-electron chi connectivity index (χ3n) is 3.30. The predicted octanol–water partition coefficient (Wildman–Crippen LogP) is 4.86. The van der Waals surface area contributed by atoms with Gasteiger partial charge in [-0.2, -0.15) is 0 Å². The van der Waals surface area contributed by atoms with Crippen LogP contribution in [0.1, 0.15) is 67.3 Å². The Balaban J connectivity index is 3.54. The van der Waals surface area contributed by atoms with Gasteiger partial charge in [0.15, 0.2) is 0 Å². The minimum absolute atomic E-state index is 0.626. The molecule has 0 saturated heterocycles. The molecule has 0 heterocycles. The maximum Gasteiger partial charge on any atom is -0.0213 e. The van der Waals surface area contributed by atoms with Crippen LogP contribution in [-0.2, 0) is 0 Å². The van der Waals surface area contributed by atoms with Gasteiger partial charge in [-0.25, -0.2) is 0 Å². The molecule has 1 rings (SSSR count). The largest absolute Gasteiger partial charge is 0.0587 e. The molecule has 1 aromatic rings. The van der Waals surface area contributed by atoms with Crippen LogP contribution in [0, 0.1) is 20.8 Å². The van der Waals surface area contributed by atoms with Crippen molar-refractivity contribution < 1.29 is 0 Å². The highest BCUT2D eigenvalue weighted by Crippen LogP contribution is 2.33. The lowest BCUT2D eigenvalue weighted by Crippen LogP contribution is -2.06. The summed E-state index contributed by atoms with van der Waals surface area (Å²) in [6, 6.07) is 2.33. The van der Waals surface area contributed by atoms with E-state index in [1.807, 2.05) is 0 Å². The van der Waals surface area contributed by atoms with Gasteiger partial charge in [-0.05, 0) is 60.4 Å².